The first-order valence-electron chi connectivity index (χ1n) is 5.01. The molecule has 0 heterocycles. The molecule has 0 aromatic rings. The second-order valence-electron chi connectivity index (χ2n) is 4.36. The van der Waals surface area contributed by atoms with Crippen LogP contribution < -0.4 is 0 Å². The molecule has 1 saturated carbocycles. The molecule has 3 heteroatoms. The van der Waals surface area contributed by atoms with Gasteiger partial charge in [0.05, 0.1) is 0 Å². The van der Waals surface area contributed by atoms with Gasteiger partial charge >= 0.3 is 0 Å². The molecule has 1 fully saturated rings. The first kappa shape index (κ1) is 9.87. The number of fused-ring (bicyclic) bond motifs is 2. The first-order chi connectivity index (χ1) is 6.63. The maximum absolute atomic E-state index is 11.8. The third-order valence-corrected chi connectivity index (χ3v) is 3.66. The van der Waals surface area contributed by atoms with Crippen LogP contribution in [0.4, 0.5) is 0 Å². The van der Waals surface area contributed by atoms with E-state index in [2.05, 4.69) is 0 Å². The monoisotopic (exact) mass is 196 g/mol. The number of carbonyl (C=O) groups is 1. The Kier molecular flexibility index (Phi) is 2.24. The normalized spacial score (nSPS) is 41.4. The SMILES string of the molecule is CO[C@@]12C=C(C)[C@@H](CC1=O)[C@H](CO)C2. The van der Waals surface area contributed by atoms with Crippen molar-refractivity contribution >= 4 is 5.78 Å². The zero-order valence-corrected chi connectivity index (χ0v) is 8.62. The summed E-state index contributed by atoms with van der Waals surface area (Å²) in [7, 11) is 1.57. The molecule has 0 spiro atoms. The van der Waals surface area contributed by atoms with Gasteiger partial charge < -0.3 is 9.84 Å². The molecule has 0 unspecified atom stereocenters. The van der Waals surface area contributed by atoms with Crippen molar-refractivity contribution in [1.82, 2.24) is 0 Å². The van der Waals surface area contributed by atoms with Crippen molar-refractivity contribution in [2.45, 2.75) is 25.4 Å². The number of methoxy groups -OCH3 is 1. The third kappa shape index (κ3) is 1.16. The summed E-state index contributed by atoms with van der Waals surface area (Å²) < 4.78 is 5.34. The first-order valence-corrected chi connectivity index (χ1v) is 5.01. The number of Topliss-reactive ketones (excluding diaryl/α,β-unsaturated/α-hetero) is 1. The Bertz CT molecular complexity index is 295. The summed E-state index contributed by atoms with van der Waals surface area (Å²) in [4.78, 5) is 11.8. The van der Waals surface area contributed by atoms with E-state index in [-0.39, 0.29) is 24.2 Å². The summed E-state index contributed by atoms with van der Waals surface area (Å²) in [5.74, 6) is 0.600. The molecule has 0 aliphatic heterocycles. The summed E-state index contributed by atoms with van der Waals surface area (Å²) in [6.07, 6.45) is 3.11. The zero-order chi connectivity index (χ0) is 10.3. The molecule has 3 atom stereocenters. The van der Waals surface area contributed by atoms with Crippen molar-refractivity contribution in [2.75, 3.05) is 13.7 Å². The van der Waals surface area contributed by atoms with Crippen LogP contribution in [0.5, 0.6) is 0 Å². The molecule has 0 saturated heterocycles. The molecular weight excluding hydrogens is 180 g/mol. The fourth-order valence-corrected chi connectivity index (χ4v) is 2.78. The van der Waals surface area contributed by atoms with Crippen LogP contribution in [-0.2, 0) is 9.53 Å². The Balaban J connectivity index is 2.39. The Morgan fingerprint density at radius 1 is 1.71 bits per heavy atom. The Morgan fingerprint density at radius 2 is 2.43 bits per heavy atom. The third-order valence-electron chi connectivity index (χ3n) is 3.66. The van der Waals surface area contributed by atoms with Crippen LogP contribution in [0.2, 0.25) is 0 Å². The minimum Gasteiger partial charge on any atom is -0.396 e. The number of hydrogen-bond acceptors (Lipinski definition) is 3. The van der Waals surface area contributed by atoms with Crippen LogP contribution >= 0.6 is 0 Å². The van der Waals surface area contributed by atoms with Crippen molar-refractivity contribution in [1.29, 1.82) is 0 Å². The summed E-state index contributed by atoms with van der Waals surface area (Å²) in [5, 5.41) is 9.23. The molecule has 0 aromatic heterocycles. The quantitative estimate of drug-likeness (QED) is 0.668. The van der Waals surface area contributed by atoms with E-state index in [9.17, 15) is 9.90 Å². The van der Waals surface area contributed by atoms with Crippen molar-refractivity contribution in [3.8, 4) is 0 Å². The summed E-state index contributed by atoms with van der Waals surface area (Å²) in [5.41, 5.74) is 0.462. The average molecular weight is 196 g/mol. The van der Waals surface area contributed by atoms with E-state index in [1.54, 1.807) is 7.11 Å². The van der Waals surface area contributed by atoms with Gasteiger partial charge in [0.15, 0.2) is 5.78 Å². The number of rotatable bonds is 2. The number of carbonyl (C=O) groups excluding carboxylic acids is 1. The molecular formula is C11H16O3. The summed E-state index contributed by atoms with van der Waals surface area (Å²) >= 11 is 0. The van der Waals surface area contributed by atoms with Crippen LogP contribution in [-0.4, -0.2) is 30.2 Å². The highest BCUT2D eigenvalue weighted by Gasteiger charge is 2.50. The fourth-order valence-electron chi connectivity index (χ4n) is 2.78. The van der Waals surface area contributed by atoms with Crippen molar-refractivity contribution in [3.63, 3.8) is 0 Å². The summed E-state index contributed by atoms with van der Waals surface area (Å²) in [6, 6.07) is 0. The molecule has 3 aliphatic carbocycles. The number of aliphatic hydroxyl groups excluding tert-OH is 1. The second-order valence-corrected chi connectivity index (χ2v) is 4.36. The van der Waals surface area contributed by atoms with Gasteiger partial charge in [-0.25, -0.2) is 0 Å². The molecule has 1 N–H and O–H groups in total. The predicted molar refractivity (Wildman–Crippen MR) is 51.8 cm³/mol. The highest BCUT2D eigenvalue weighted by Crippen LogP contribution is 2.46. The zero-order valence-electron chi connectivity index (χ0n) is 8.62. The molecule has 14 heavy (non-hydrogen) atoms. The smallest absolute Gasteiger partial charge is 0.169 e. The second kappa shape index (κ2) is 3.17. The van der Waals surface area contributed by atoms with Gasteiger partial charge in [-0.15, -0.1) is 0 Å². The van der Waals surface area contributed by atoms with Gasteiger partial charge in [-0.05, 0) is 31.3 Å². The van der Waals surface area contributed by atoms with Gasteiger partial charge in [-0.1, -0.05) is 5.57 Å². The minimum atomic E-state index is -0.730. The van der Waals surface area contributed by atoms with Gasteiger partial charge in [-0.3, -0.25) is 4.79 Å². The maximum atomic E-state index is 11.8. The molecule has 78 valence electrons. The molecule has 2 bridgehead atoms. The van der Waals surface area contributed by atoms with Crippen molar-refractivity contribution < 1.29 is 14.6 Å². The molecule has 0 radical (unpaired) electrons. The van der Waals surface area contributed by atoms with Gasteiger partial charge in [0, 0.05) is 20.1 Å². The molecule has 3 aliphatic rings. The van der Waals surface area contributed by atoms with Crippen LogP contribution in [0, 0.1) is 11.8 Å². The largest absolute Gasteiger partial charge is 0.396 e. The minimum absolute atomic E-state index is 0.147. The van der Waals surface area contributed by atoms with E-state index in [0.717, 1.165) is 0 Å². The molecule has 0 amide bonds. The van der Waals surface area contributed by atoms with Crippen molar-refractivity contribution in [3.05, 3.63) is 11.6 Å². The highest BCUT2D eigenvalue weighted by molar-refractivity contribution is 5.92. The van der Waals surface area contributed by atoms with Crippen LogP contribution in [0.3, 0.4) is 0 Å². The van der Waals surface area contributed by atoms with E-state index in [0.29, 0.717) is 12.8 Å². The number of ether oxygens (including phenoxy) is 1. The maximum Gasteiger partial charge on any atom is 0.169 e. The van der Waals surface area contributed by atoms with E-state index in [4.69, 9.17) is 4.74 Å². The van der Waals surface area contributed by atoms with Crippen LogP contribution in [0.15, 0.2) is 11.6 Å². The fraction of sp³-hybridized carbons (Fsp3) is 0.727. The molecule has 3 rings (SSSR count). The lowest BCUT2D eigenvalue weighted by Crippen LogP contribution is -2.52. The van der Waals surface area contributed by atoms with Gasteiger partial charge in [0.1, 0.15) is 5.60 Å². The van der Waals surface area contributed by atoms with E-state index >= 15 is 0 Å². The van der Waals surface area contributed by atoms with Crippen molar-refractivity contribution in [2.24, 2.45) is 11.8 Å². The predicted octanol–water partition coefficient (Wildman–Crippen LogP) is 0.919. The molecule has 3 nitrogen and oxygen atoms in total. The Morgan fingerprint density at radius 3 is 3.00 bits per heavy atom. The van der Waals surface area contributed by atoms with Gasteiger partial charge in [0.25, 0.3) is 0 Å². The highest BCUT2D eigenvalue weighted by atomic mass is 16.5. The summed E-state index contributed by atoms with van der Waals surface area (Å²) in [6.45, 7) is 2.17. The topological polar surface area (TPSA) is 46.5 Å². The van der Waals surface area contributed by atoms with Crippen LogP contribution in [0.25, 0.3) is 0 Å². The lowest BCUT2D eigenvalue weighted by molar-refractivity contribution is -0.146. The number of hydrogen-bond donors (Lipinski definition) is 1. The van der Waals surface area contributed by atoms with Gasteiger partial charge in [0.2, 0.25) is 0 Å². The van der Waals surface area contributed by atoms with E-state index < -0.39 is 5.60 Å². The van der Waals surface area contributed by atoms with Crippen LogP contribution in [0.1, 0.15) is 19.8 Å². The average Bonchev–Trinajstić information content (AvgIpc) is 2.19. The number of aliphatic hydroxyl groups is 1. The Hall–Kier alpha value is -0.670. The molecule has 0 aromatic carbocycles. The van der Waals surface area contributed by atoms with Gasteiger partial charge in [-0.2, -0.15) is 0 Å². The lowest BCUT2D eigenvalue weighted by atomic mass is 9.63. The number of allylic oxidation sites excluding steroid dienone is 1. The van der Waals surface area contributed by atoms with E-state index in [1.807, 2.05) is 13.0 Å². The van der Waals surface area contributed by atoms with E-state index in [1.165, 1.54) is 5.57 Å². The lowest BCUT2D eigenvalue weighted by Gasteiger charge is -2.46. The number of ketones is 1. The standard InChI is InChI=1S/C11H16O3/c1-7-4-11(14-2)5-8(6-12)9(7)3-10(11)13/h4,8-9,12H,3,5-6H2,1-2H3/t8-,9+,11+/m0/s1. The Labute approximate surface area is 83.8 Å².